The van der Waals surface area contributed by atoms with Gasteiger partial charge in [0.25, 0.3) is 0 Å². The highest BCUT2D eigenvalue weighted by molar-refractivity contribution is 5.28. The molecule has 4 saturated carbocycles. The van der Waals surface area contributed by atoms with E-state index in [4.69, 9.17) is 9.47 Å². The zero-order chi connectivity index (χ0) is 21.7. The second-order valence-corrected chi connectivity index (χ2v) is 11.8. The molecule has 2 unspecified atom stereocenters. The van der Waals surface area contributed by atoms with Crippen LogP contribution in [0, 0.1) is 28.6 Å². The third kappa shape index (κ3) is 3.64. The first kappa shape index (κ1) is 22.4. The van der Waals surface area contributed by atoms with Gasteiger partial charge in [-0.05, 0) is 87.9 Å². The second kappa shape index (κ2) is 8.42. The van der Waals surface area contributed by atoms with Crippen LogP contribution in [-0.2, 0) is 9.47 Å². The molecule has 4 fully saturated rings. The van der Waals surface area contributed by atoms with Gasteiger partial charge in [-0.3, -0.25) is 0 Å². The number of fused-ring (bicyclic) bond motifs is 5. The topological polar surface area (TPSA) is 58.9 Å². The van der Waals surface area contributed by atoms with Gasteiger partial charge in [0.05, 0.1) is 12.7 Å². The Bertz CT molecular complexity index is 677. The smallest absolute Gasteiger partial charge is 0.169 e. The molecule has 5 rings (SSSR count). The lowest BCUT2D eigenvalue weighted by Crippen LogP contribution is -2.56. The maximum absolute atomic E-state index is 11.3. The molecule has 0 saturated heterocycles. The Morgan fingerprint density at radius 2 is 1.81 bits per heavy atom. The quantitative estimate of drug-likeness (QED) is 0.453. The van der Waals surface area contributed by atoms with Crippen LogP contribution >= 0.6 is 0 Å². The van der Waals surface area contributed by atoms with Crippen molar-refractivity contribution >= 4 is 0 Å². The van der Waals surface area contributed by atoms with Gasteiger partial charge in [0.1, 0.15) is 6.10 Å². The normalized spacial score (nSPS) is 46.6. The van der Waals surface area contributed by atoms with Crippen molar-refractivity contribution in [1.29, 1.82) is 0 Å². The SMILES string of the molecule is CCOC1(OC2C=C3CC[C@@H]4[C@@H](CC[C@]5(C)CCC[C@@H]45)[C@@]3(CO)CC2O)CCCCC1. The minimum absolute atomic E-state index is 0.170. The van der Waals surface area contributed by atoms with E-state index < -0.39 is 11.9 Å². The van der Waals surface area contributed by atoms with E-state index in [1.54, 1.807) is 0 Å². The van der Waals surface area contributed by atoms with Crippen molar-refractivity contribution in [2.24, 2.45) is 28.6 Å². The molecule has 0 radical (unpaired) electrons. The van der Waals surface area contributed by atoms with Crippen molar-refractivity contribution in [3.8, 4) is 0 Å². The van der Waals surface area contributed by atoms with Crippen LogP contribution in [0.25, 0.3) is 0 Å². The first-order chi connectivity index (χ1) is 15.0. The van der Waals surface area contributed by atoms with Crippen molar-refractivity contribution in [2.45, 2.75) is 115 Å². The van der Waals surface area contributed by atoms with E-state index in [-0.39, 0.29) is 18.1 Å². The molecule has 0 bridgehead atoms. The lowest BCUT2D eigenvalue weighted by atomic mass is 9.47. The maximum Gasteiger partial charge on any atom is 0.169 e. The zero-order valence-corrected chi connectivity index (χ0v) is 19.8. The summed E-state index contributed by atoms with van der Waals surface area (Å²) in [6, 6.07) is 0. The number of aliphatic hydroxyl groups is 2. The fourth-order valence-electron chi connectivity index (χ4n) is 8.80. The summed E-state index contributed by atoms with van der Waals surface area (Å²) in [5.41, 5.74) is 1.65. The van der Waals surface area contributed by atoms with Crippen molar-refractivity contribution in [3.05, 3.63) is 11.6 Å². The highest BCUT2D eigenvalue weighted by atomic mass is 16.7. The van der Waals surface area contributed by atoms with E-state index in [0.717, 1.165) is 38.0 Å². The molecule has 0 aromatic carbocycles. The Morgan fingerprint density at radius 3 is 2.55 bits per heavy atom. The van der Waals surface area contributed by atoms with Crippen LogP contribution < -0.4 is 0 Å². The van der Waals surface area contributed by atoms with Crippen LogP contribution in [0.3, 0.4) is 0 Å². The van der Waals surface area contributed by atoms with Crippen LogP contribution in [-0.4, -0.2) is 41.4 Å². The Labute approximate surface area is 188 Å². The van der Waals surface area contributed by atoms with Crippen LogP contribution in [0.2, 0.25) is 0 Å². The number of rotatable bonds is 5. The lowest BCUT2D eigenvalue weighted by molar-refractivity contribution is -0.278. The van der Waals surface area contributed by atoms with Gasteiger partial charge in [-0.2, -0.15) is 0 Å². The van der Waals surface area contributed by atoms with E-state index in [0.29, 0.717) is 30.3 Å². The summed E-state index contributed by atoms with van der Waals surface area (Å²) < 4.78 is 12.7. The Kier molecular flexibility index (Phi) is 6.07. The third-order valence-corrected chi connectivity index (χ3v) is 10.3. The van der Waals surface area contributed by atoms with E-state index in [2.05, 4.69) is 13.0 Å². The summed E-state index contributed by atoms with van der Waals surface area (Å²) in [6.07, 6.45) is 16.2. The minimum atomic E-state index is -0.564. The molecule has 4 heteroatoms. The average molecular weight is 433 g/mol. The Morgan fingerprint density at radius 1 is 1.00 bits per heavy atom. The van der Waals surface area contributed by atoms with E-state index in [1.807, 2.05) is 6.92 Å². The zero-order valence-electron chi connectivity index (χ0n) is 19.8. The predicted octanol–water partition coefficient (Wildman–Crippen LogP) is 5.36. The van der Waals surface area contributed by atoms with Gasteiger partial charge in [0.2, 0.25) is 0 Å². The molecular weight excluding hydrogens is 388 g/mol. The molecule has 31 heavy (non-hydrogen) atoms. The summed E-state index contributed by atoms with van der Waals surface area (Å²) in [5, 5.41) is 22.1. The second-order valence-electron chi connectivity index (χ2n) is 11.8. The number of hydrogen-bond donors (Lipinski definition) is 2. The minimum Gasteiger partial charge on any atom is -0.395 e. The van der Waals surface area contributed by atoms with Crippen molar-refractivity contribution in [2.75, 3.05) is 13.2 Å². The largest absolute Gasteiger partial charge is 0.395 e. The van der Waals surface area contributed by atoms with Gasteiger partial charge in [-0.1, -0.05) is 31.4 Å². The first-order valence-corrected chi connectivity index (χ1v) is 13.3. The molecular formula is C27H44O4. The van der Waals surface area contributed by atoms with E-state index >= 15 is 0 Å². The predicted molar refractivity (Wildman–Crippen MR) is 121 cm³/mol. The first-order valence-electron chi connectivity index (χ1n) is 13.3. The highest BCUT2D eigenvalue weighted by Gasteiger charge is 2.59. The standard InChI is InChI=1S/C27H44O4/c1-3-30-27(13-5-4-6-14-27)31-24-16-19-9-10-20-21-8-7-12-25(21,2)15-11-22(20)26(19,18-28)17-23(24)29/h16,20-24,28-29H,3-15,17-18H2,1-2H3/t20-,21-,22+,23?,24?,25-,26+/m0/s1. The van der Waals surface area contributed by atoms with Crippen LogP contribution in [0.1, 0.15) is 97.3 Å². The Hall–Kier alpha value is -0.420. The van der Waals surface area contributed by atoms with Gasteiger partial charge in [-0.25, -0.2) is 0 Å². The van der Waals surface area contributed by atoms with Crippen molar-refractivity contribution < 1.29 is 19.7 Å². The molecule has 4 nitrogen and oxygen atoms in total. The molecule has 5 aliphatic carbocycles. The summed E-state index contributed by atoms with van der Waals surface area (Å²) >= 11 is 0. The van der Waals surface area contributed by atoms with Crippen molar-refractivity contribution in [1.82, 2.24) is 0 Å². The Balaban J connectivity index is 1.41. The number of aliphatic hydroxyl groups excluding tert-OH is 2. The molecule has 0 aromatic rings. The molecule has 5 aliphatic rings. The highest BCUT2D eigenvalue weighted by Crippen LogP contribution is 2.65. The van der Waals surface area contributed by atoms with Crippen LogP contribution in [0.4, 0.5) is 0 Å². The summed E-state index contributed by atoms with van der Waals surface area (Å²) in [6.45, 7) is 5.37. The summed E-state index contributed by atoms with van der Waals surface area (Å²) in [5.74, 6) is 1.50. The van der Waals surface area contributed by atoms with E-state index in [1.165, 1.54) is 50.5 Å². The number of hydrogen-bond acceptors (Lipinski definition) is 4. The molecule has 7 atom stereocenters. The maximum atomic E-state index is 11.3. The van der Waals surface area contributed by atoms with Gasteiger partial charge in [0.15, 0.2) is 5.79 Å². The van der Waals surface area contributed by atoms with Gasteiger partial charge in [-0.15, -0.1) is 0 Å². The third-order valence-electron chi connectivity index (χ3n) is 10.3. The van der Waals surface area contributed by atoms with Crippen LogP contribution in [0.15, 0.2) is 11.6 Å². The van der Waals surface area contributed by atoms with Gasteiger partial charge >= 0.3 is 0 Å². The monoisotopic (exact) mass is 432 g/mol. The summed E-state index contributed by atoms with van der Waals surface area (Å²) in [7, 11) is 0. The van der Waals surface area contributed by atoms with Gasteiger partial charge in [0, 0.05) is 24.9 Å². The number of ether oxygens (including phenoxy) is 2. The van der Waals surface area contributed by atoms with Gasteiger partial charge < -0.3 is 19.7 Å². The molecule has 0 aromatic heterocycles. The van der Waals surface area contributed by atoms with Crippen molar-refractivity contribution in [3.63, 3.8) is 0 Å². The molecule has 0 amide bonds. The molecule has 2 N–H and O–H groups in total. The fourth-order valence-corrected chi connectivity index (χ4v) is 8.80. The summed E-state index contributed by atoms with van der Waals surface area (Å²) in [4.78, 5) is 0. The average Bonchev–Trinajstić information content (AvgIpc) is 3.17. The molecule has 0 spiro atoms. The van der Waals surface area contributed by atoms with Crippen LogP contribution in [0.5, 0.6) is 0 Å². The lowest BCUT2D eigenvalue weighted by Gasteiger charge is -2.59. The molecule has 0 heterocycles. The molecule has 176 valence electrons. The van der Waals surface area contributed by atoms with E-state index in [9.17, 15) is 10.2 Å². The fraction of sp³-hybridized carbons (Fsp3) is 0.926. The molecule has 0 aliphatic heterocycles.